The van der Waals surface area contributed by atoms with Gasteiger partial charge in [0.05, 0.1) is 11.4 Å². The van der Waals surface area contributed by atoms with Gasteiger partial charge in [0.25, 0.3) is 0 Å². The minimum atomic E-state index is -4.17. The Bertz CT molecular complexity index is 1350. The maximum Gasteiger partial charge on any atom is 0.303 e. The molecule has 12 nitrogen and oxygen atoms in total. The van der Waals surface area contributed by atoms with Gasteiger partial charge in [0.2, 0.25) is 21.8 Å². The molecule has 1 unspecified atom stereocenters. The number of benzene rings is 2. The Kier molecular flexibility index (Phi) is 12.8. The fourth-order valence-corrected chi connectivity index (χ4v) is 6.15. The summed E-state index contributed by atoms with van der Waals surface area (Å²) in [5, 5.41) is 13.8. The number of hydrogen-bond donors (Lipinski definition) is 4. The van der Waals surface area contributed by atoms with Crippen molar-refractivity contribution in [1.82, 2.24) is 14.5 Å². The summed E-state index contributed by atoms with van der Waals surface area (Å²) < 4.78 is 28.5. The number of rotatable bonds is 12. The Hall–Kier alpha value is -2.73. The van der Waals surface area contributed by atoms with E-state index in [9.17, 15) is 27.9 Å². The standard InChI is InChI=1S/C25H32ClN6O6S.W/c26-19-6-4-18-15-20(7-5-17(18)14-19)39(37,38)32-13-3-12-31(24(36)21(32)8-9-23(34)35)16-22(33)29-10-1-2-11-30-25(27)28;/h4-7,10,14-15,21H,1-3,8-9,11-13,16H2,(H,29,33)(H,34,35)(H4,27,28,30);/q-1;. The quantitative estimate of drug-likeness (QED) is 0.108. The summed E-state index contributed by atoms with van der Waals surface area (Å²) in [7, 11) is -4.17. The van der Waals surface area contributed by atoms with Crippen molar-refractivity contribution in [3.05, 3.63) is 48.0 Å². The van der Waals surface area contributed by atoms with Crippen LogP contribution in [0.1, 0.15) is 32.1 Å². The van der Waals surface area contributed by atoms with Crippen LogP contribution in [0.2, 0.25) is 5.02 Å². The molecule has 0 spiro atoms. The van der Waals surface area contributed by atoms with Gasteiger partial charge in [-0.25, -0.2) is 15.0 Å². The molecular weight excluding hydrogens is 732 g/mol. The van der Waals surface area contributed by atoms with Gasteiger partial charge in [0, 0.05) is 52.1 Å². The van der Waals surface area contributed by atoms with Gasteiger partial charge in [-0.05, 0) is 47.9 Å². The van der Waals surface area contributed by atoms with Crippen molar-refractivity contribution in [2.75, 3.05) is 26.2 Å². The summed E-state index contributed by atoms with van der Waals surface area (Å²) >= 11 is 6.03. The molecule has 0 bridgehead atoms. The van der Waals surface area contributed by atoms with Crippen molar-refractivity contribution in [2.45, 2.75) is 43.0 Å². The molecule has 40 heavy (non-hydrogen) atoms. The molecule has 3 rings (SSSR count). The van der Waals surface area contributed by atoms with Crippen molar-refractivity contribution in [2.24, 2.45) is 16.5 Å². The molecule has 0 saturated carbocycles. The molecule has 0 aliphatic carbocycles. The molecule has 218 valence electrons. The van der Waals surface area contributed by atoms with Crippen molar-refractivity contribution >= 4 is 56.1 Å². The number of sulfonamides is 1. The summed E-state index contributed by atoms with van der Waals surface area (Å²) in [6.45, 7) is 1.78. The third-order valence-electron chi connectivity index (χ3n) is 6.16. The summed E-state index contributed by atoms with van der Waals surface area (Å²) in [6.07, 6.45) is 0.732. The monoisotopic (exact) mass is 763 g/mol. The van der Waals surface area contributed by atoms with E-state index in [1.54, 1.807) is 30.8 Å². The second-order valence-electron chi connectivity index (χ2n) is 9.05. The van der Waals surface area contributed by atoms with Gasteiger partial charge in [-0.2, -0.15) is 10.7 Å². The van der Waals surface area contributed by atoms with E-state index in [0.29, 0.717) is 29.8 Å². The van der Waals surface area contributed by atoms with E-state index in [2.05, 4.69) is 10.3 Å². The van der Waals surface area contributed by atoms with E-state index in [4.69, 9.17) is 23.1 Å². The molecular formula is C25H32ClN6O6SW-. The molecule has 1 aliphatic heterocycles. The Morgan fingerprint density at radius 2 is 1.85 bits per heavy atom. The first-order chi connectivity index (χ1) is 18.5. The van der Waals surface area contributed by atoms with E-state index < -0.39 is 40.3 Å². The number of nitrogens with two attached hydrogens (primary N) is 2. The van der Waals surface area contributed by atoms with Crippen molar-refractivity contribution in [1.29, 1.82) is 0 Å². The number of carbonyl (C=O) groups excluding carboxylic acids is 2. The number of amides is 2. The number of guanidine groups is 1. The summed E-state index contributed by atoms with van der Waals surface area (Å²) in [4.78, 5) is 42.4. The third kappa shape index (κ3) is 9.15. The molecule has 1 fully saturated rings. The van der Waals surface area contributed by atoms with E-state index in [1.165, 1.54) is 17.0 Å². The molecule has 1 aliphatic rings. The second kappa shape index (κ2) is 15.3. The molecule has 2 amide bonds. The average Bonchev–Trinajstić information content (AvgIpc) is 3.03. The Labute approximate surface area is 252 Å². The largest absolute Gasteiger partial charge is 0.504 e. The topological polar surface area (TPSA) is 188 Å². The van der Waals surface area contributed by atoms with E-state index >= 15 is 0 Å². The van der Waals surface area contributed by atoms with Crippen LogP contribution < -0.4 is 16.8 Å². The van der Waals surface area contributed by atoms with Gasteiger partial charge in [-0.15, -0.1) is 0 Å². The molecule has 0 radical (unpaired) electrons. The van der Waals surface area contributed by atoms with Crippen LogP contribution >= 0.6 is 11.6 Å². The number of aliphatic imine (C=N–C) groups is 1. The van der Waals surface area contributed by atoms with Crippen LogP contribution in [-0.4, -0.2) is 78.7 Å². The number of carbonyl (C=O) groups is 3. The minimum absolute atomic E-state index is 0. The zero-order valence-corrected chi connectivity index (χ0v) is 26.2. The molecule has 2 aromatic carbocycles. The number of carboxylic acids is 1. The van der Waals surface area contributed by atoms with Crippen LogP contribution in [0.4, 0.5) is 0 Å². The number of nitrogens with zero attached hydrogens (tertiary/aromatic N) is 3. The van der Waals surface area contributed by atoms with E-state index in [-0.39, 0.29) is 64.4 Å². The number of nitrogens with one attached hydrogen (secondary N) is 1. The normalized spacial score (nSPS) is 16.2. The number of unbranched alkanes of at least 4 members (excludes halogenated alkanes) is 1. The van der Waals surface area contributed by atoms with Gasteiger partial charge in [-0.1, -0.05) is 30.2 Å². The molecule has 1 atom stereocenters. The second-order valence-corrected chi connectivity index (χ2v) is 11.4. The average molecular weight is 764 g/mol. The fourth-order valence-electron chi connectivity index (χ4n) is 4.29. The number of carboxylic acid groups (broad SMARTS) is 1. The van der Waals surface area contributed by atoms with Gasteiger partial charge in [0.1, 0.15) is 6.04 Å². The number of fused-ring (bicyclic) bond motifs is 1. The SMILES string of the molecule is NC(N)=NCCC[CH-]NC(=O)CN1CCCN(S(=O)(=O)c2ccc3cc(Cl)ccc3c2)C(CCC(=O)O)C1=O.[W]. The molecule has 1 saturated heterocycles. The zero-order valence-electron chi connectivity index (χ0n) is 21.7. The molecule has 6 N–H and O–H groups in total. The first-order valence-electron chi connectivity index (χ1n) is 12.4. The van der Waals surface area contributed by atoms with Gasteiger partial charge in [0.15, 0.2) is 5.96 Å². The smallest absolute Gasteiger partial charge is 0.303 e. The molecule has 1 heterocycles. The van der Waals surface area contributed by atoms with Crippen molar-refractivity contribution in [3.8, 4) is 0 Å². The zero-order chi connectivity index (χ0) is 28.6. The fraction of sp³-hybridized carbons (Fsp3) is 0.400. The number of halogens is 1. The maximum absolute atomic E-state index is 13.7. The van der Waals surface area contributed by atoms with Crippen LogP contribution in [-0.2, 0) is 45.5 Å². The molecule has 15 heteroatoms. The van der Waals surface area contributed by atoms with E-state index in [0.717, 1.165) is 9.69 Å². The van der Waals surface area contributed by atoms with Crippen molar-refractivity contribution < 1.29 is 49.0 Å². The Morgan fingerprint density at radius 1 is 1.15 bits per heavy atom. The maximum atomic E-state index is 13.7. The molecule has 0 aromatic heterocycles. The van der Waals surface area contributed by atoms with Crippen LogP contribution in [0.3, 0.4) is 0 Å². The number of aliphatic carboxylic acids is 1. The third-order valence-corrected chi connectivity index (χ3v) is 8.30. The predicted octanol–water partition coefficient (Wildman–Crippen LogP) is 1.28. The van der Waals surface area contributed by atoms with Crippen LogP contribution in [0.15, 0.2) is 46.3 Å². The number of hydrogen-bond acceptors (Lipinski definition) is 6. The van der Waals surface area contributed by atoms with E-state index in [1.807, 2.05) is 0 Å². The Morgan fingerprint density at radius 3 is 2.55 bits per heavy atom. The van der Waals surface area contributed by atoms with Gasteiger partial charge >= 0.3 is 5.97 Å². The summed E-state index contributed by atoms with van der Waals surface area (Å²) in [5.41, 5.74) is 10.5. The van der Waals surface area contributed by atoms with Crippen LogP contribution in [0.25, 0.3) is 10.8 Å². The van der Waals surface area contributed by atoms with Crippen LogP contribution in [0.5, 0.6) is 0 Å². The summed E-state index contributed by atoms with van der Waals surface area (Å²) in [6, 6.07) is 8.35. The first-order valence-corrected chi connectivity index (χ1v) is 14.2. The first kappa shape index (κ1) is 33.5. The van der Waals surface area contributed by atoms with Crippen molar-refractivity contribution in [3.63, 3.8) is 0 Å². The van der Waals surface area contributed by atoms with Crippen LogP contribution in [0, 0.1) is 6.54 Å². The van der Waals surface area contributed by atoms with Gasteiger partial charge < -0.3 is 26.8 Å². The Balaban J connectivity index is 0.00000560. The minimum Gasteiger partial charge on any atom is -0.504 e. The van der Waals surface area contributed by atoms with Gasteiger partial charge in [-0.3, -0.25) is 19.4 Å². The molecule has 2 aromatic rings. The summed E-state index contributed by atoms with van der Waals surface area (Å²) in [5.74, 6) is -2.25. The predicted molar refractivity (Wildman–Crippen MR) is 147 cm³/mol.